The number of fused-ring (bicyclic) bond motifs is 3. The van der Waals surface area contributed by atoms with E-state index in [0.717, 1.165) is 12.8 Å². The molecule has 0 saturated carbocycles. The van der Waals surface area contributed by atoms with Crippen molar-refractivity contribution in [3.8, 4) is 11.1 Å². The molecule has 0 bridgehead atoms. The molecule has 0 aromatic heterocycles. The van der Waals surface area contributed by atoms with E-state index in [4.69, 9.17) is 4.21 Å². The van der Waals surface area contributed by atoms with E-state index in [-0.39, 0.29) is 41.1 Å². The van der Waals surface area contributed by atoms with Gasteiger partial charge in [0.25, 0.3) is 0 Å². The second kappa shape index (κ2) is 13.6. The van der Waals surface area contributed by atoms with Crippen molar-refractivity contribution >= 4 is 38.8 Å². The zero-order valence-electron chi connectivity index (χ0n) is 32.7. The summed E-state index contributed by atoms with van der Waals surface area (Å²) in [7, 11) is 0. The Hall–Kier alpha value is -2.31. The van der Waals surface area contributed by atoms with Crippen LogP contribution in [0.2, 0.25) is 0 Å². The molecule has 0 radical (unpaired) electrons. The van der Waals surface area contributed by atoms with Crippen LogP contribution in [0.3, 0.4) is 0 Å². The van der Waals surface area contributed by atoms with E-state index >= 15 is 0 Å². The van der Waals surface area contributed by atoms with Gasteiger partial charge in [0.15, 0.2) is 0 Å². The maximum atomic E-state index is 5.95. The minimum absolute atomic E-state index is 0. The van der Waals surface area contributed by atoms with Crippen LogP contribution in [-0.2, 0) is 35.5 Å². The Kier molecular flexibility index (Phi) is 11.0. The molecule has 0 aliphatic heterocycles. The van der Waals surface area contributed by atoms with Gasteiger partial charge in [-0.1, -0.05) is 0 Å². The van der Waals surface area contributed by atoms with E-state index in [1.807, 2.05) is 0 Å². The predicted molar refractivity (Wildman–Crippen MR) is 224 cm³/mol. The van der Waals surface area contributed by atoms with Gasteiger partial charge in [-0.25, -0.2) is 0 Å². The molecule has 0 amide bonds. The zero-order chi connectivity index (χ0) is 35.1. The Bertz CT molecular complexity index is 1980. The third-order valence-corrected chi connectivity index (χ3v) is 28.1. The minimum atomic E-state index is -5.06. The molecule has 2 aliphatic rings. The number of allylic oxidation sites excluding steroid dienone is 4. The number of aryl methyl sites for hydroxylation is 2. The Morgan fingerprint density at radius 1 is 0.660 bits per heavy atom. The van der Waals surface area contributed by atoms with Crippen molar-refractivity contribution in [2.45, 2.75) is 107 Å². The number of benzene rings is 4. The Balaban J connectivity index is 0.00000281. The van der Waals surface area contributed by atoms with Gasteiger partial charge in [-0.2, -0.15) is 0 Å². The molecule has 4 aromatic carbocycles. The Morgan fingerprint density at radius 3 is 1.64 bits per heavy atom. The number of hydrogen-bond acceptors (Lipinski definition) is 0. The van der Waals surface area contributed by atoms with E-state index in [1.54, 1.807) is 6.55 Å². The molecule has 1 unspecified atom stereocenters. The second-order valence-electron chi connectivity index (χ2n) is 18.2. The summed E-state index contributed by atoms with van der Waals surface area (Å²) < 4.78 is 12.0. The molecule has 0 nitrogen and oxygen atoms in total. The maximum absolute atomic E-state index is 5.95. The van der Waals surface area contributed by atoms with Gasteiger partial charge in [-0.05, 0) is 0 Å². The van der Waals surface area contributed by atoms with Crippen molar-refractivity contribution in [2.75, 3.05) is 0 Å². The van der Waals surface area contributed by atoms with Crippen LogP contribution >= 0.6 is 24.8 Å². The summed E-state index contributed by atoms with van der Waals surface area (Å²) in [4.78, 5) is 0. The molecule has 0 saturated heterocycles. The fourth-order valence-electron chi connectivity index (χ4n) is 8.78. The molecular formula is C47H60Cl2Zr. The van der Waals surface area contributed by atoms with E-state index in [1.165, 1.54) is 56.6 Å². The molecule has 0 spiro atoms. The topological polar surface area (TPSA) is 0 Å². The van der Waals surface area contributed by atoms with Gasteiger partial charge in [0, 0.05) is 0 Å². The first-order valence-electron chi connectivity index (χ1n) is 18.2. The van der Waals surface area contributed by atoms with Crippen molar-refractivity contribution in [1.82, 2.24) is 0 Å². The first-order valence-corrected chi connectivity index (χ1v) is 24.9. The molecular weight excluding hydrogens is 727 g/mol. The fourth-order valence-corrected chi connectivity index (χ4v) is 26.5. The van der Waals surface area contributed by atoms with Crippen LogP contribution in [0.15, 0.2) is 99.9 Å². The van der Waals surface area contributed by atoms with Gasteiger partial charge in [-0.3, -0.25) is 0 Å². The summed E-state index contributed by atoms with van der Waals surface area (Å²) in [5, 5.41) is 0. The standard InChI is InChI=1S/C21H25.C11H17.2C7H7.CH2.2ClH.Zr/c1-20(2,3)16-7-9-18-14(12-16)11-15-13-17(21(4,5)6)8-10-19(15)18;1-5-9-6-7-10(8-9)11(2,3)4;2*1-7-5-3-2-4-6-7;;;;/h7-10,12H,11H2,1-6H3;7-9H,5H2,1-4H3;2*3-6H,1H3;1H2;2*1H;. The van der Waals surface area contributed by atoms with Crippen LogP contribution in [0.25, 0.3) is 11.1 Å². The first kappa shape index (κ1) is 40.5. The third kappa shape index (κ3) is 6.37. The molecule has 2 aliphatic carbocycles. The molecule has 50 heavy (non-hydrogen) atoms. The molecule has 4 aromatic rings. The number of rotatable bonds is 5. The molecule has 0 heterocycles. The molecule has 0 fully saturated rings. The molecule has 6 rings (SSSR count). The van der Waals surface area contributed by atoms with Crippen LogP contribution < -0.4 is 9.81 Å². The van der Waals surface area contributed by atoms with Crippen molar-refractivity contribution in [3.05, 3.63) is 133 Å². The SMILES string of the molecule is Cl.Cl.[CH2]=[Zr]([C]1=CC(C(C)(C)C)=CC1CC)([c]1ccc(C)cc1)([c]1ccc(C)cc1)[c]1c(C(C)(C)C)ccc2c1Cc1cc(C(C)(C)C)ccc1-2. The van der Waals surface area contributed by atoms with Crippen molar-refractivity contribution in [2.24, 2.45) is 11.3 Å². The number of halogens is 2. The summed E-state index contributed by atoms with van der Waals surface area (Å²) in [6, 6.07) is 31.5. The average Bonchev–Trinajstić information content (AvgIpc) is 3.62. The first-order chi connectivity index (χ1) is 22.3. The quantitative estimate of drug-likeness (QED) is 0.166. The van der Waals surface area contributed by atoms with E-state index in [9.17, 15) is 0 Å². The molecule has 1 atom stereocenters. The Morgan fingerprint density at radius 2 is 1.18 bits per heavy atom. The third-order valence-electron chi connectivity index (χ3n) is 11.7. The summed E-state index contributed by atoms with van der Waals surface area (Å²) >= 11 is -5.06. The van der Waals surface area contributed by atoms with Crippen LogP contribution in [0.4, 0.5) is 0 Å². The van der Waals surface area contributed by atoms with Crippen molar-refractivity contribution < 1.29 is 18.3 Å². The van der Waals surface area contributed by atoms with Crippen molar-refractivity contribution in [1.29, 1.82) is 0 Å². The summed E-state index contributed by atoms with van der Waals surface area (Å²) in [5.41, 5.74) is 12.8. The normalized spacial score (nSPS) is 16.1. The van der Waals surface area contributed by atoms with Gasteiger partial charge in [0.1, 0.15) is 0 Å². The van der Waals surface area contributed by atoms with E-state index in [2.05, 4.69) is 174 Å². The van der Waals surface area contributed by atoms with Gasteiger partial charge in [0.05, 0.1) is 0 Å². The van der Waals surface area contributed by atoms with E-state index in [0.29, 0.717) is 5.92 Å². The molecule has 0 N–H and O–H groups in total. The molecule has 3 heteroatoms. The van der Waals surface area contributed by atoms with Crippen LogP contribution in [0.1, 0.15) is 109 Å². The van der Waals surface area contributed by atoms with Crippen LogP contribution in [0, 0.1) is 25.2 Å². The summed E-state index contributed by atoms with van der Waals surface area (Å²) in [5.74, 6) is 0.338. The van der Waals surface area contributed by atoms with Gasteiger partial charge in [-0.15, -0.1) is 24.8 Å². The van der Waals surface area contributed by atoms with Gasteiger partial charge < -0.3 is 0 Å². The van der Waals surface area contributed by atoms with Crippen LogP contribution in [-0.4, -0.2) is 4.21 Å². The fraction of sp³-hybridized carbons (Fsp3) is 0.383. The monoisotopic (exact) mass is 784 g/mol. The molecule has 266 valence electrons. The zero-order valence-corrected chi connectivity index (χ0v) is 36.8. The number of hydrogen-bond donors (Lipinski definition) is 0. The van der Waals surface area contributed by atoms with E-state index < -0.39 is 18.3 Å². The summed E-state index contributed by atoms with van der Waals surface area (Å²) in [6.07, 6.45) is 7.28. The summed E-state index contributed by atoms with van der Waals surface area (Å²) in [6.45, 7) is 28.2. The van der Waals surface area contributed by atoms with Gasteiger partial charge >= 0.3 is 295 Å². The van der Waals surface area contributed by atoms with Crippen molar-refractivity contribution in [3.63, 3.8) is 0 Å². The second-order valence-corrected chi connectivity index (χ2v) is 30.9. The predicted octanol–water partition coefficient (Wildman–Crippen LogP) is 11.6. The average molecular weight is 787 g/mol. The van der Waals surface area contributed by atoms with Crippen LogP contribution in [0.5, 0.6) is 0 Å². The van der Waals surface area contributed by atoms with Gasteiger partial charge in [0.2, 0.25) is 0 Å². The Labute approximate surface area is 317 Å².